The van der Waals surface area contributed by atoms with Crippen molar-refractivity contribution in [3.8, 4) is 0 Å². The molecule has 1 aliphatic rings. The molecular weight excluding hydrogens is 207 g/mol. The van der Waals surface area contributed by atoms with Crippen LogP contribution in [-0.4, -0.2) is 12.5 Å². The van der Waals surface area contributed by atoms with Crippen LogP contribution in [0, 0.1) is 5.82 Å². The van der Waals surface area contributed by atoms with Gasteiger partial charge in [0, 0.05) is 18.7 Å². The highest BCUT2D eigenvalue weighted by molar-refractivity contribution is 5.97. The number of carbonyl (C=O) groups is 1. The van der Waals surface area contributed by atoms with Crippen molar-refractivity contribution in [2.45, 2.75) is 26.2 Å². The van der Waals surface area contributed by atoms with Gasteiger partial charge < -0.3 is 10.6 Å². The van der Waals surface area contributed by atoms with Gasteiger partial charge in [0.1, 0.15) is 5.82 Å². The van der Waals surface area contributed by atoms with Crippen molar-refractivity contribution in [1.29, 1.82) is 0 Å². The van der Waals surface area contributed by atoms with Crippen LogP contribution in [-0.2, 0) is 4.79 Å². The van der Waals surface area contributed by atoms with Crippen LogP contribution in [0.25, 0.3) is 0 Å². The van der Waals surface area contributed by atoms with E-state index in [0.717, 1.165) is 5.56 Å². The Morgan fingerprint density at radius 1 is 1.56 bits per heavy atom. The van der Waals surface area contributed by atoms with Crippen LogP contribution in [0.4, 0.5) is 15.8 Å². The van der Waals surface area contributed by atoms with Gasteiger partial charge in [0.2, 0.25) is 5.91 Å². The number of halogens is 1. The first-order valence-electron chi connectivity index (χ1n) is 5.43. The third-order valence-electron chi connectivity index (χ3n) is 3.01. The molecule has 86 valence electrons. The Morgan fingerprint density at radius 2 is 2.25 bits per heavy atom. The van der Waals surface area contributed by atoms with Crippen LogP contribution in [0.5, 0.6) is 0 Å². The molecule has 0 aliphatic carbocycles. The minimum absolute atomic E-state index is 0.0221. The van der Waals surface area contributed by atoms with Crippen LogP contribution >= 0.6 is 0 Å². The number of hydrogen-bond acceptors (Lipinski definition) is 2. The molecule has 1 aliphatic heterocycles. The van der Waals surface area contributed by atoms with E-state index in [1.807, 2.05) is 13.8 Å². The van der Waals surface area contributed by atoms with Crippen molar-refractivity contribution < 1.29 is 9.18 Å². The van der Waals surface area contributed by atoms with Crippen molar-refractivity contribution in [3.63, 3.8) is 0 Å². The summed E-state index contributed by atoms with van der Waals surface area (Å²) in [6, 6.07) is 3.03. The fourth-order valence-electron chi connectivity index (χ4n) is 2.24. The van der Waals surface area contributed by atoms with Gasteiger partial charge in [-0.05, 0) is 30.5 Å². The topological polar surface area (TPSA) is 46.3 Å². The van der Waals surface area contributed by atoms with Gasteiger partial charge in [-0.15, -0.1) is 0 Å². The summed E-state index contributed by atoms with van der Waals surface area (Å²) in [5.74, 6) is -0.397. The zero-order valence-electron chi connectivity index (χ0n) is 9.46. The number of hydrogen-bond donors (Lipinski definition) is 1. The molecule has 0 radical (unpaired) electrons. The number of nitrogens with zero attached hydrogens (tertiary/aromatic N) is 1. The monoisotopic (exact) mass is 222 g/mol. The summed E-state index contributed by atoms with van der Waals surface area (Å²) in [6.45, 7) is 4.25. The van der Waals surface area contributed by atoms with Gasteiger partial charge in [-0.3, -0.25) is 4.79 Å². The Labute approximate surface area is 94.0 Å². The van der Waals surface area contributed by atoms with E-state index in [-0.39, 0.29) is 11.8 Å². The zero-order valence-corrected chi connectivity index (χ0v) is 9.46. The zero-order chi connectivity index (χ0) is 11.9. The van der Waals surface area contributed by atoms with Crippen molar-refractivity contribution in [2.75, 3.05) is 17.2 Å². The fourth-order valence-corrected chi connectivity index (χ4v) is 2.24. The van der Waals surface area contributed by atoms with Crippen LogP contribution in [0.15, 0.2) is 12.1 Å². The SMILES string of the molecule is CCN1C(=O)CC(C)c2cc(N)cc(F)c21. The Morgan fingerprint density at radius 3 is 2.88 bits per heavy atom. The minimum atomic E-state index is -0.406. The molecule has 1 aromatic carbocycles. The standard InChI is InChI=1S/C12H15FN2O/c1-3-15-11(16)4-7(2)9-5-8(14)6-10(13)12(9)15/h5-7H,3-4,14H2,1-2H3. The Hall–Kier alpha value is -1.58. The molecule has 3 nitrogen and oxygen atoms in total. The molecule has 1 unspecified atom stereocenters. The highest BCUT2D eigenvalue weighted by Crippen LogP contribution is 2.38. The molecule has 1 amide bonds. The molecule has 1 atom stereocenters. The lowest BCUT2D eigenvalue weighted by atomic mass is 9.90. The van der Waals surface area contributed by atoms with Gasteiger partial charge in [-0.1, -0.05) is 6.92 Å². The number of nitrogens with two attached hydrogens (primary N) is 1. The van der Waals surface area contributed by atoms with E-state index >= 15 is 0 Å². The molecule has 0 saturated carbocycles. The van der Waals surface area contributed by atoms with E-state index < -0.39 is 5.82 Å². The Kier molecular flexibility index (Phi) is 2.58. The van der Waals surface area contributed by atoms with Crippen LogP contribution in [0.1, 0.15) is 31.7 Å². The summed E-state index contributed by atoms with van der Waals surface area (Å²) >= 11 is 0. The quantitative estimate of drug-likeness (QED) is 0.741. The lowest BCUT2D eigenvalue weighted by molar-refractivity contribution is -0.119. The molecule has 0 spiro atoms. The summed E-state index contributed by atoms with van der Waals surface area (Å²) < 4.78 is 13.8. The molecule has 16 heavy (non-hydrogen) atoms. The fraction of sp³-hybridized carbons (Fsp3) is 0.417. The average Bonchev–Trinajstić information content (AvgIpc) is 2.20. The molecule has 2 rings (SSSR count). The second-order valence-electron chi connectivity index (χ2n) is 4.18. The van der Waals surface area contributed by atoms with Crippen LogP contribution < -0.4 is 10.6 Å². The molecular formula is C12H15FN2O. The van der Waals surface area contributed by atoms with Gasteiger partial charge in [-0.25, -0.2) is 4.39 Å². The Balaban J connectivity index is 2.63. The number of rotatable bonds is 1. The second-order valence-corrected chi connectivity index (χ2v) is 4.18. The predicted octanol–water partition coefficient (Wildman–Crippen LogP) is 2.27. The maximum atomic E-state index is 13.8. The molecule has 2 N–H and O–H groups in total. The number of nitrogen functional groups attached to an aromatic ring is 1. The van der Waals surface area contributed by atoms with Crippen molar-refractivity contribution >= 4 is 17.3 Å². The van der Waals surface area contributed by atoms with E-state index in [2.05, 4.69) is 0 Å². The largest absolute Gasteiger partial charge is 0.399 e. The number of anilines is 2. The van der Waals surface area contributed by atoms with Gasteiger partial charge in [0.25, 0.3) is 0 Å². The molecule has 4 heteroatoms. The van der Waals surface area contributed by atoms with Crippen LogP contribution in [0.3, 0.4) is 0 Å². The van der Waals surface area contributed by atoms with Gasteiger partial charge >= 0.3 is 0 Å². The van der Waals surface area contributed by atoms with Crippen molar-refractivity contribution in [2.24, 2.45) is 0 Å². The third-order valence-corrected chi connectivity index (χ3v) is 3.01. The van der Waals surface area contributed by atoms with Gasteiger partial charge in [0.05, 0.1) is 5.69 Å². The molecule has 0 saturated heterocycles. The molecule has 0 bridgehead atoms. The predicted molar refractivity (Wildman–Crippen MR) is 61.9 cm³/mol. The van der Waals surface area contributed by atoms with Crippen LogP contribution in [0.2, 0.25) is 0 Å². The lowest BCUT2D eigenvalue weighted by Gasteiger charge is -2.32. The maximum absolute atomic E-state index is 13.8. The van der Waals surface area contributed by atoms with Gasteiger partial charge in [-0.2, -0.15) is 0 Å². The summed E-state index contributed by atoms with van der Waals surface area (Å²) in [5, 5.41) is 0. The lowest BCUT2D eigenvalue weighted by Crippen LogP contribution is -2.36. The van der Waals surface area contributed by atoms with E-state index in [4.69, 9.17) is 5.73 Å². The third kappa shape index (κ3) is 1.54. The summed E-state index contributed by atoms with van der Waals surface area (Å²) in [7, 11) is 0. The normalized spacial score (nSPS) is 19.8. The number of benzene rings is 1. The number of fused-ring (bicyclic) bond motifs is 1. The molecule has 1 heterocycles. The second kappa shape index (κ2) is 3.77. The maximum Gasteiger partial charge on any atom is 0.227 e. The highest BCUT2D eigenvalue weighted by atomic mass is 19.1. The Bertz CT molecular complexity index is 445. The summed E-state index contributed by atoms with van der Waals surface area (Å²) in [5.41, 5.74) is 7.27. The molecule has 0 fully saturated rings. The minimum Gasteiger partial charge on any atom is -0.399 e. The molecule has 0 aromatic heterocycles. The van der Waals surface area contributed by atoms with E-state index in [1.54, 1.807) is 6.07 Å². The van der Waals surface area contributed by atoms with Crippen molar-refractivity contribution in [3.05, 3.63) is 23.5 Å². The smallest absolute Gasteiger partial charge is 0.227 e. The summed E-state index contributed by atoms with van der Waals surface area (Å²) in [4.78, 5) is 13.3. The highest BCUT2D eigenvalue weighted by Gasteiger charge is 2.30. The average molecular weight is 222 g/mol. The van der Waals surface area contributed by atoms with E-state index in [0.29, 0.717) is 24.3 Å². The number of amides is 1. The first kappa shape index (κ1) is 10.9. The van der Waals surface area contributed by atoms with E-state index in [1.165, 1.54) is 11.0 Å². The first-order chi connectivity index (χ1) is 7.54. The number of carbonyl (C=O) groups excluding carboxylic acids is 1. The van der Waals surface area contributed by atoms with Gasteiger partial charge in [0.15, 0.2) is 0 Å². The van der Waals surface area contributed by atoms with E-state index in [9.17, 15) is 9.18 Å². The summed E-state index contributed by atoms with van der Waals surface area (Å²) in [6.07, 6.45) is 0.420. The first-order valence-corrected chi connectivity index (χ1v) is 5.43. The molecule has 1 aromatic rings. The van der Waals surface area contributed by atoms with Crippen molar-refractivity contribution in [1.82, 2.24) is 0 Å².